The van der Waals surface area contributed by atoms with Crippen LogP contribution in [0.1, 0.15) is 32.2 Å². The highest BCUT2D eigenvalue weighted by Crippen LogP contribution is 2.22. The highest BCUT2D eigenvalue weighted by molar-refractivity contribution is 5.58. The first-order chi connectivity index (χ1) is 7.63. The first-order valence-electron chi connectivity index (χ1n) is 5.96. The molecule has 4 nitrogen and oxygen atoms in total. The molecule has 1 heterocycles. The smallest absolute Gasteiger partial charge is 0.137 e. The molecule has 0 radical (unpaired) electrons. The molecular weight excluding hydrogens is 200 g/mol. The van der Waals surface area contributed by atoms with Gasteiger partial charge in [-0.2, -0.15) is 0 Å². The summed E-state index contributed by atoms with van der Waals surface area (Å²) in [7, 11) is 2.06. The van der Waals surface area contributed by atoms with Gasteiger partial charge in [0.15, 0.2) is 0 Å². The zero-order valence-electron chi connectivity index (χ0n) is 11.0. The number of rotatable bonds is 5. The molecule has 0 aliphatic carbocycles. The molecule has 1 aromatic rings. The summed E-state index contributed by atoms with van der Waals surface area (Å²) in [4.78, 5) is 11.2. The second-order valence-electron chi connectivity index (χ2n) is 3.84. The zero-order valence-corrected chi connectivity index (χ0v) is 11.0. The van der Waals surface area contributed by atoms with Gasteiger partial charge < -0.3 is 10.2 Å². The number of nitrogens with zero attached hydrogens (tertiary/aromatic N) is 3. The van der Waals surface area contributed by atoms with E-state index in [0.717, 1.165) is 42.5 Å². The van der Waals surface area contributed by atoms with Crippen molar-refractivity contribution in [3.05, 3.63) is 11.4 Å². The normalized spacial score (nSPS) is 10.3. The van der Waals surface area contributed by atoms with Crippen molar-refractivity contribution in [2.45, 2.75) is 34.1 Å². The monoisotopic (exact) mass is 222 g/mol. The van der Waals surface area contributed by atoms with Gasteiger partial charge in [-0.15, -0.1) is 0 Å². The van der Waals surface area contributed by atoms with Crippen LogP contribution in [-0.4, -0.2) is 30.1 Å². The molecule has 0 aliphatic rings. The van der Waals surface area contributed by atoms with Crippen molar-refractivity contribution in [2.24, 2.45) is 0 Å². The number of hydrogen-bond acceptors (Lipinski definition) is 4. The Hall–Kier alpha value is -1.32. The van der Waals surface area contributed by atoms with Gasteiger partial charge in [0.05, 0.1) is 0 Å². The molecule has 0 unspecified atom stereocenters. The van der Waals surface area contributed by atoms with Crippen LogP contribution in [0.2, 0.25) is 0 Å². The van der Waals surface area contributed by atoms with Crippen LogP contribution < -0.4 is 10.2 Å². The van der Waals surface area contributed by atoms with E-state index in [1.807, 2.05) is 0 Å². The van der Waals surface area contributed by atoms with Gasteiger partial charge >= 0.3 is 0 Å². The number of hydrogen-bond donors (Lipinski definition) is 1. The fourth-order valence-corrected chi connectivity index (χ4v) is 1.57. The molecule has 4 heteroatoms. The van der Waals surface area contributed by atoms with Crippen LogP contribution in [-0.2, 0) is 6.42 Å². The third-order valence-electron chi connectivity index (χ3n) is 2.66. The Bertz CT molecular complexity index is 349. The lowest BCUT2D eigenvalue weighted by Gasteiger charge is -2.20. The third-order valence-corrected chi connectivity index (χ3v) is 2.66. The van der Waals surface area contributed by atoms with E-state index in [4.69, 9.17) is 0 Å². The zero-order chi connectivity index (χ0) is 12.1. The van der Waals surface area contributed by atoms with Gasteiger partial charge in [-0.25, -0.2) is 9.97 Å². The Labute approximate surface area is 98.1 Å². The average Bonchev–Trinajstić information content (AvgIpc) is 2.31. The fraction of sp³-hybridized carbons (Fsp3) is 0.667. The maximum absolute atomic E-state index is 4.58. The number of aryl methyl sites for hydroxylation is 1. The number of nitrogens with one attached hydrogen (secondary N) is 1. The summed E-state index contributed by atoms with van der Waals surface area (Å²) in [6.07, 6.45) is 0.864. The Balaban J connectivity index is 3.19. The molecular formula is C12H22N4. The molecule has 0 spiro atoms. The quantitative estimate of drug-likeness (QED) is 0.829. The predicted octanol–water partition coefficient (Wildman–Crippen LogP) is 2.24. The van der Waals surface area contributed by atoms with Crippen molar-refractivity contribution >= 4 is 11.6 Å². The van der Waals surface area contributed by atoms with E-state index in [1.54, 1.807) is 0 Å². The van der Waals surface area contributed by atoms with Gasteiger partial charge in [0.2, 0.25) is 0 Å². The first kappa shape index (κ1) is 12.7. The lowest BCUT2D eigenvalue weighted by Crippen LogP contribution is -2.20. The fourth-order valence-electron chi connectivity index (χ4n) is 1.57. The van der Waals surface area contributed by atoms with Crippen molar-refractivity contribution in [2.75, 3.05) is 30.4 Å². The minimum absolute atomic E-state index is 0.864. The van der Waals surface area contributed by atoms with E-state index in [0.29, 0.717) is 0 Å². The van der Waals surface area contributed by atoms with Crippen molar-refractivity contribution in [1.82, 2.24) is 9.97 Å². The Kier molecular flexibility index (Phi) is 4.52. The van der Waals surface area contributed by atoms with E-state index in [-0.39, 0.29) is 0 Å². The molecule has 0 fully saturated rings. The van der Waals surface area contributed by atoms with Gasteiger partial charge in [0.25, 0.3) is 0 Å². The van der Waals surface area contributed by atoms with Crippen molar-refractivity contribution < 1.29 is 0 Å². The summed E-state index contributed by atoms with van der Waals surface area (Å²) < 4.78 is 0. The standard InChI is InChI=1S/C12H22N4/c1-6-10-14-11(13-7-2)9(4)12(15-10)16(5)8-3/h6-8H2,1-5H3,(H,13,14,15). The molecule has 0 amide bonds. The Morgan fingerprint density at radius 1 is 1.19 bits per heavy atom. The second-order valence-corrected chi connectivity index (χ2v) is 3.84. The number of anilines is 2. The molecule has 0 bridgehead atoms. The largest absolute Gasteiger partial charge is 0.370 e. The molecule has 0 saturated heterocycles. The van der Waals surface area contributed by atoms with Crippen molar-refractivity contribution in [1.29, 1.82) is 0 Å². The van der Waals surface area contributed by atoms with Crippen molar-refractivity contribution in [3.63, 3.8) is 0 Å². The summed E-state index contributed by atoms with van der Waals surface area (Å²) in [5.74, 6) is 2.90. The second kappa shape index (κ2) is 5.68. The van der Waals surface area contributed by atoms with Crippen LogP contribution in [0.5, 0.6) is 0 Å². The van der Waals surface area contributed by atoms with Gasteiger partial charge in [0.1, 0.15) is 17.5 Å². The van der Waals surface area contributed by atoms with E-state index in [2.05, 4.69) is 54.9 Å². The topological polar surface area (TPSA) is 41.1 Å². The lowest BCUT2D eigenvalue weighted by molar-refractivity contribution is 0.869. The van der Waals surface area contributed by atoms with Gasteiger partial charge in [-0.3, -0.25) is 0 Å². The maximum atomic E-state index is 4.58. The van der Waals surface area contributed by atoms with Crippen molar-refractivity contribution in [3.8, 4) is 0 Å². The summed E-state index contributed by atoms with van der Waals surface area (Å²) in [6.45, 7) is 10.2. The van der Waals surface area contributed by atoms with Gasteiger partial charge in [-0.1, -0.05) is 6.92 Å². The minimum Gasteiger partial charge on any atom is -0.370 e. The third kappa shape index (κ3) is 2.62. The van der Waals surface area contributed by atoms with Crippen LogP contribution in [0.25, 0.3) is 0 Å². The van der Waals surface area contributed by atoms with E-state index in [9.17, 15) is 0 Å². The highest BCUT2D eigenvalue weighted by Gasteiger charge is 2.11. The lowest BCUT2D eigenvalue weighted by atomic mass is 10.2. The predicted molar refractivity (Wildman–Crippen MR) is 69.3 cm³/mol. The summed E-state index contributed by atoms with van der Waals surface area (Å²) in [6, 6.07) is 0. The van der Waals surface area contributed by atoms with E-state index < -0.39 is 0 Å². The minimum atomic E-state index is 0.864. The Morgan fingerprint density at radius 3 is 2.38 bits per heavy atom. The molecule has 0 aromatic carbocycles. The molecule has 16 heavy (non-hydrogen) atoms. The molecule has 1 aromatic heterocycles. The molecule has 90 valence electrons. The SMILES string of the molecule is CCNc1nc(CC)nc(N(C)CC)c1C. The molecule has 0 saturated carbocycles. The van der Waals surface area contributed by atoms with E-state index >= 15 is 0 Å². The molecule has 1 N–H and O–H groups in total. The van der Waals surface area contributed by atoms with Crippen LogP contribution in [0.3, 0.4) is 0 Å². The van der Waals surface area contributed by atoms with Crippen LogP contribution in [0.4, 0.5) is 11.6 Å². The summed E-state index contributed by atoms with van der Waals surface area (Å²) >= 11 is 0. The maximum Gasteiger partial charge on any atom is 0.137 e. The van der Waals surface area contributed by atoms with Crippen LogP contribution in [0, 0.1) is 6.92 Å². The van der Waals surface area contributed by atoms with E-state index in [1.165, 1.54) is 0 Å². The summed E-state index contributed by atoms with van der Waals surface area (Å²) in [5, 5.41) is 3.29. The van der Waals surface area contributed by atoms with Gasteiger partial charge in [0, 0.05) is 32.1 Å². The summed E-state index contributed by atoms with van der Waals surface area (Å²) in [5.41, 5.74) is 1.13. The van der Waals surface area contributed by atoms with Crippen LogP contribution in [0.15, 0.2) is 0 Å². The number of aromatic nitrogens is 2. The first-order valence-corrected chi connectivity index (χ1v) is 5.96. The molecule has 0 atom stereocenters. The van der Waals surface area contributed by atoms with Crippen LogP contribution >= 0.6 is 0 Å². The molecule has 0 aliphatic heterocycles. The van der Waals surface area contributed by atoms with Gasteiger partial charge in [-0.05, 0) is 20.8 Å². The average molecular weight is 222 g/mol. The Morgan fingerprint density at radius 2 is 1.88 bits per heavy atom. The highest BCUT2D eigenvalue weighted by atomic mass is 15.2. The molecule has 1 rings (SSSR count).